The van der Waals surface area contributed by atoms with E-state index in [0.717, 1.165) is 78.3 Å². The van der Waals surface area contributed by atoms with Crippen LogP contribution in [0.5, 0.6) is 0 Å². The summed E-state index contributed by atoms with van der Waals surface area (Å²) in [6, 6.07) is 9.96. The van der Waals surface area contributed by atoms with E-state index < -0.39 is 0 Å². The Bertz CT molecular complexity index is 1760. The molecule has 0 aliphatic carbocycles. The number of fused-ring (bicyclic) bond motifs is 8. The van der Waals surface area contributed by atoms with Gasteiger partial charge in [0.1, 0.15) is 0 Å². The largest absolute Gasteiger partial charge is 2.00 e. The van der Waals surface area contributed by atoms with Gasteiger partial charge >= 0.3 is 28.4 Å². The standard InChI is InChI=1S/C32H32N4O4.Ni/c1-17-11-22-14-27-19(3)23(7-9-31(37)39-5)29(35-27)16-30-24(8-10-32(38)40-6)20(4)28(36-30)15-26-18(2)12-21(34-26)13-25(17)33-22;/h11-16H,7-10H2,1-6H3;/q-2;+2. The van der Waals surface area contributed by atoms with Gasteiger partial charge in [-0.15, -0.1) is 22.1 Å². The number of hydrogen-bond donors (Lipinski definition) is 0. The van der Waals surface area contributed by atoms with Crippen LogP contribution in [0.2, 0.25) is 0 Å². The Kier molecular flexibility index (Phi) is 8.98. The molecule has 0 saturated carbocycles. The molecule has 3 aromatic rings. The minimum absolute atomic E-state index is 0. The maximum absolute atomic E-state index is 12.0. The van der Waals surface area contributed by atoms with Crippen molar-refractivity contribution < 1.29 is 35.6 Å². The summed E-state index contributed by atoms with van der Waals surface area (Å²) in [6.45, 7) is 8.10. The molecule has 214 valence electrons. The van der Waals surface area contributed by atoms with Gasteiger partial charge in [-0.1, -0.05) is 47.0 Å². The molecular weight excluding hydrogens is 563 g/mol. The summed E-state index contributed by atoms with van der Waals surface area (Å²) in [4.78, 5) is 43.7. The molecule has 0 N–H and O–H groups in total. The Hall–Kier alpha value is -3.97. The molecule has 0 amide bonds. The third-order valence-corrected chi connectivity index (χ3v) is 7.54. The molecule has 41 heavy (non-hydrogen) atoms. The molecule has 8 nitrogen and oxygen atoms in total. The number of allylic oxidation sites excluding steroid dienone is 3. The predicted molar refractivity (Wildman–Crippen MR) is 156 cm³/mol. The second-order valence-corrected chi connectivity index (χ2v) is 10.2. The van der Waals surface area contributed by atoms with E-state index >= 15 is 0 Å². The minimum Gasteiger partial charge on any atom is -0.658 e. The van der Waals surface area contributed by atoms with Crippen molar-refractivity contribution in [1.29, 1.82) is 0 Å². The first-order valence-electron chi connectivity index (χ1n) is 13.3. The Morgan fingerprint density at radius 2 is 1.44 bits per heavy atom. The summed E-state index contributed by atoms with van der Waals surface area (Å²) in [6.07, 6.45) is 3.47. The molecule has 3 aromatic heterocycles. The van der Waals surface area contributed by atoms with Gasteiger partial charge in [0, 0.05) is 12.8 Å². The molecule has 0 unspecified atom stereocenters. The molecule has 2 aliphatic rings. The van der Waals surface area contributed by atoms with Gasteiger partial charge in [-0.2, -0.15) is 0 Å². The Labute approximate surface area is 249 Å². The van der Waals surface area contributed by atoms with Crippen molar-refractivity contribution in [2.45, 2.75) is 53.4 Å². The summed E-state index contributed by atoms with van der Waals surface area (Å²) >= 11 is 0. The van der Waals surface area contributed by atoms with Gasteiger partial charge in [0.2, 0.25) is 0 Å². The van der Waals surface area contributed by atoms with E-state index in [1.165, 1.54) is 14.2 Å². The van der Waals surface area contributed by atoms with Gasteiger partial charge in [-0.3, -0.25) is 9.59 Å². The van der Waals surface area contributed by atoms with Crippen LogP contribution in [0.3, 0.4) is 0 Å². The molecule has 0 saturated heterocycles. The second kappa shape index (κ2) is 12.3. The van der Waals surface area contributed by atoms with Crippen LogP contribution in [0, 0.1) is 13.8 Å². The molecule has 0 fully saturated rings. The normalized spacial score (nSPS) is 12.6. The summed E-state index contributed by atoms with van der Waals surface area (Å²) < 4.78 is 9.80. The number of esters is 2. The molecule has 5 rings (SSSR count). The predicted octanol–water partition coefficient (Wildman–Crippen LogP) is 5.74. The number of ether oxygens (including phenoxy) is 2. The quantitative estimate of drug-likeness (QED) is 0.263. The van der Waals surface area contributed by atoms with Crippen LogP contribution >= 0.6 is 0 Å². The SMILES string of the molecule is COC(=O)CCC1=C(C)c2cc3[n-]c(cc4nc(cc5[n-]c(cc1n2)c(CCC(=O)OC)c5C)C=C4C)cc3C.[Ni+2]. The van der Waals surface area contributed by atoms with Crippen molar-refractivity contribution in [3.8, 4) is 0 Å². The molecule has 8 bridgehead atoms. The maximum Gasteiger partial charge on any atom is 2.00 e. The van der Waals surface area contributed by atoms with Gasteiger partial charge in [0.25, 0.3) is 0 Å². The van der Waals surface area contributed by atoms with Crippen LogP contribution in [-0.4, -0.2) is 36.1 Å². The molecule has 9 heteroatoms. The third kappa shape index (κ3) is 6.20. The van der Waals surface area contributed by atoms with Crippen molar-refractivity contribution in [3.63, 3.8) is 0 Å². The van der Waals surface area contributed by atoms with Gasteiger partial charge in [-0.05, 0) is 63.3 Å². The monoisotopic (exact) mass is 594 g/mol. The van der Waals surface area contributed by atoms with Crippen molar-refractivity contribution >= 4 is 56.8 Å². The second-order valence-electron chi connectivity index (χ2n) is 10.2. The van der Waals surface area contributed by atoms with Crippen LogP contribution in [0.25, 0.3) is 44.9 Å². The summed E-state index contributed by atoms with van der Waals surface area (Å²) in [5, 5.41) is 0. The van der Waals surface area contributed by atoms with E-state index in [0.29, 0.717) is 12.8 Å². The minimum atomic E-state index is -0.279. The van der Waals surface area contributed by atoms with Crippen LogP contribution in [0.1, 0.15) is 72.6 Å². The van der Waals surface area contributed by atoms with Crippen LogP contribution in [0.15, 0.2) is 30.3 Å². The Morgan fingerprint density at radius 3 is 2.15 bits per heavy atom. The molecule has 0 spiro atoms. The zero-order valence-corrected chi connectivity index (χ0v) is 25.0. The van der Waals surface area contributed by atoms with E-state index in [1.54, 1.807) is 0 Å². The average Bonchev–Trinajstić information content (AvgIpc) is 3.62. The Balaban J connectivity index is 0.00000387. The zero-order chi connectivity index (χ0) is 28.6. The van der Waals surface area contributed by atoms with Gasteiger partial charge in [0.15, 0.2) is 0 Å². The molecule has 0 atom stereocenters. The summed E-state index contributed by atoms with van der Waals surface area (Å²) in [5.74, 6) is -0.558. The van der Waals surface area contributed by atoms with E-state index in [2.05, 4.69) is 0 Å². The van der Waals surface area contributed by atoms with E-state index in [-0.39, 0.29) is 41.3 Å². The van der Waals surface area contributed by atoms with Crippen molar-refractivity contribution in [1.82, 2.24) is 19.9 Å². The third-order valence-electron chi connectivity index (χ3n) is 7.54. The fourth-order valence-electron chi connectivity index (χ4n) is 5.15. The number of aromatic nitrogens is 4. The topological polar surface area (TPSA) is 107 Å². The van der Waals surface area contributed by atoms with Crippen LogP contribution in [-0.2, 0) is 42.0 Å². The van der Waals surface area contributed by atoms with Crippen molar-refractivity contribution in [3.05, 3.63) is 69.8 Å². The fourth-order valence-corrected chi connectivity index (χ4v) is 5.15. The van der Waals surface area contributed by atoms with Crippen molar-refractivity contribution in [2.75, 3.05) is 14.2 Å². The maximum atomic E-state index is 12.0. The first-order valence-corrected chi connectivity index (χ1v) is 13.3. The van der Waals surface area contributed by atoms with Crippen LogP contribution in [0.4, 0.5) is 0 Å². The summed E-state index contributed by atoms with van der Waals surface area (Å²) in [7, 11) is 2.79. The van der Waals surface area contributed by atoms with Gasteiger partial charge in [0.05, 0.1) is 37.0 Å². The number of aryl methyl sites for hydroxylation is 3. The number of methoxy groups -OCH3 is 2. The van der Waals surface area contributed by atoms with Gasteiger partial charge in [-0.25, -0.2) is 9.97 Å². The number of nitrogens with zero attached hydrogens (tertiary/aromatic N) is 4. The number of carbonyl (C=O) groups excluding carboxylic acids is 2. The molecule has 0 radical (unpaired) electrons. The number of carbonyl (C=O) groups is 2. The van der Waals surface area contributed by atoms with Crippen LogP contribution < -0.4 is 9.97 Å². The molecule has 2 aliphatic heterocycles. The first kappa shape index (κ1) is 30.0. The molecular formula is C32H32N4NiO4. The number of hydrogen-bond acceptors (Lipinski definition) is 6. The molecule has 0 aromatic carbocycles. The molecule has 5 heterocycles. The van der Waals surface area contributed by atoms with Crippen molar-refractivity contribution in [2.24, 2.45) is 0 Å². The number of rotatable bonds is 6. The van der Waals surface area contributed by atoms with E-state index in [9.17, 15) is 9.59 Å². The Morgan fingerprint density at radius 1 is 0.756 bits per heavy atom. The fraction of sp³-hybridized carbons (Fsp3) is 0.312. The van der Waals surface area contributed by atoms with E-state index in [4.69, 9.17) is 29.4 Å². The average molecular weight is 595 g/mol. The zero-order valence-electron chi connectivity index (χ0n) is 24.0. The van der Waals surface area contributed by atoms with Gasteiger partial charge < -0.3 is 19.4 Å². The smallest absolute Gasteiger partial charge is 0.658 e. The summed E-state index contributed by atoms with van der Waals surface area (Å²) in [5.41, 5.74) is 12.4. The van der Waals surface area contributed by atoms with E-state index in [1.807, 2.05) is 64.1 Å². The first-order chi connectivity index (χ1) is 19.2.